The lowest BCUT2D eigenvalue weighted by molar-refractivity contribution is -0.118. The molecule has 0 saturated heterocycles. The lowest BCUT2D eigenvalue weighted by Crippen LogP contribution is -2.23. The Kier molecular flexibility index (Phi) is 7.35. The van der Waals surface area contributed by atoms with E-state index in [1.807, 2.05) is 4.57 Å². The van der Waals surface area contributed by atoms with Crippen molar-refractivity contribution in [3.05, 3.63) is 35.9 Å². The average Bonchev–Trinajstić information content (AvgIpc) is 2.96. The number of para-hydroxylation sites is 1. The summed E-state index contributed by atoms with van der Waals surface area (Å²) < 4.78 is 15.6. The Morgan fingerprint density at radius 1 is 1.26 bits per heavy atom. The minimum absolute atomic E-state index is 0.140. The highest BCUT2D eigenvalue weighted by Crippen LogP contribution is 2.25. The van der Waals surface area contributed by atoms with Crippen LogP contribution < -0.4 is 11.1 Å². The SMILES string of the molecule is CC(C)Cn1c(CCC(N)=O)nnc1SC(C)C(=O)Nc1ccccc1F. The highest BCUT2D eigenvalue weighted by Gasteiger charge is 2.21. The van der Waals surface area contributed by atoms with Crippen LogP contribution in [0.4, 0.5) is 10.1 Å². The van der Waals surface area contributed by atoms with Crippen LogP contribution >= 0.6 is 11.8 Å². The number of primary amides is 1. The molecule has 2 amide bonds. The number of aryl methyl sites for hydroxylation is 1. The van der Waals surface area contributed by atoms with Crippen LogP contribution in [0.3, 0.4) is 0 Å². The van der Waals surface area contributed by atoms with Crippen molar-refractivity contribution in [3.8, 4) is 0 Å². The van der Waals surface area contributed by atoms with Crippen molar-refractivity contribution in [1.82, 2.24) is 14.8 Å². The monoisotopic (exact) mass is 393 g/mol. The van der Waals surface area contributed by atoms with Crippen molar-refractivity contribution in [2.75, 3.05) is 5.32 Å². The first-order valence-electron chi connectivity index (χ1n) is 8.70. The summed E-state index contributed by atoms with van der Waals surface area (Å²) in [5, 5.41) is 11.0. The number of nitrogens with two attached hydrogens (primary N) is 1. The number of thioether (sulfide) groups is 1. The molecule has 1 aromatic carbocycles. The molecule has 27 heavy (non-hydrogen) atoms. The predicted molar refractivity (Wildman–Crippen MR) is 103 cm³/mol. The summed E-state index contributed by atoms with van der Waals surface area (Å²) in [6.45, 7) is 6.49. The number of nitrogens with zero attached hydrogens (tertiary/aromatic N) is 3. The van der Waals surface area contributed by atoms with Gasteiger partial charge in [0.05, 0.1) is 10.9 Å². The largest absolute Gasteiger partial charge is 0.370 e. The topological polar surface area (TPSA) is 103 Å². The number of benzene rings is 1. The van der Waals surface area contributed by atoms with Crippen LogP contribution in [0.15, 0.2) is 29.4 Å². The van der Waals surface area contributed by atoms with Crippen LogP contribution in [0.1, 0.15) is 33.0 Å². The third-order valence-electron chi connectivity index (χ3n) is 3.72. The van der Waals surface area contributed by atoms with Crippen LogP contribution in [-0.2, 0) is 22.6 Å². The summed E-state index contributed by atoms with van der Waals surface area (Å²) in [4.78, 5) is 23.5. The van der Waals surface area contributed by atoms with Gasteiger partial charge in [-0.05, 0) is 25.0 Å². The summed E-state index contributed by atoms with van der Waals surface area (Å²) in [5.41, 5.74) is 5.36. The quantitative estimate of drug-likeness (QED) is 0.638. The van der Waals surface area contributed by atoms with Gasteiger partial charge in [-0.1, -0.05) is 37.7 Å². The average molecular weight is 393 g/mol. The third-order valence-corrected chi connectivity index (χ3v) is 4.80. The molecule has 1 unspecified atom stereocenters. The molecule has 1 aromatic heterocycles. The van der Waals surface area contributed by atoms with E-state index in [1.165, 1.54) is 23.9 Å². The highest BCUT2D eigenvalue weighted by molar-refractivity contribution is 8.00. The van der Waals surface area contributed by atoms with Gasteiger partial charge in [0, 0.05) is 19.4 Å². The second-order valence-electron chi connectivity index (χ2n) is 6.60. The zero-order valence-corrected chi connectivity index (χ0v) is 16.4. The van der Waals surface area contributed by atoms with E-state index >= 15 is 0 Å². The molecule has 0 spiro atoms. The summed E-state index contributed by atoms with van der Waals surface area (Å²) in [6, 6.07) is 6.01. The minimum atomic E-state index is -0.510. The van der Waals surface area contributed by atoms with Crippen LogP contribution in [0.25, 0.3) is 0 Å². The number of carbonyl (C=O) groups excluding carboxylic acids is 2. The second kappa shape index (κ2) is 9.50. The van der Waals surface area contributed by atoms with Crippen molar-refractivity contribution in [1.29, 1.82) is 0 Å². The molecule has 9 heteroatoms. The van der Waals surface area contributed by atoms with Gasteiger partial charge < -0.3 is 15.6 Å². The fourth-order valence-corrected chi connectivity index (χ4v) is 3.26. The standard InChI is InChI=1S/C18H24FN5O2S/c1-11(2)10-24-16(9-8-15(20)25)22-23-18(24)27-12(3)17(26)21-14-7-5-4-6-13(14)19/h4-7,11-12H,8-10H2,1-3H3,(H2,20,25)(H,21,26). The van der Waals surface area contributed by atoms with E-state index in [0.29, 0.717) is 29.9 Å². The number of hydrogen-bond donors (Lipinski definition) is 2. The number of carbonyl (C=O) groups is 2. The molecule has 3 N–H and O–H groups in total. The number of anilines is 1. The number of aromatic nitrogens is 3. The fourth-order valence-electron chi connectivity index (χ4n) is 2.38. The van der Waals surface area contributed by atoms with E-state index in [1.54, 1.807) is 19.1 Å². The molecule has 0 fully saturated rings. The second-order valence-corrected chi connectivity index (χ2v) is 7.91. The van der Waals surface area contributed by atoms with Gasteiger partial charge in [0.25, 0.3) is 0 Å². The normalized spacial score (nSPS) is 12.2. The number of rotatable bonds is 9. The first kappa shape index (κ1) is 20.9. The predicted octanol–water partition coefficient (Wildman–Crippen LogP) is 2.61. The van der Waals surface area contributed by atoms with E-state index in [2.05, 4.69) is 29.4 Å². The fraction of sp³-hybridized carbons (Fsp3) is 0.444. The molecular weight excluding hydrogens is 369 g/mol. The molecule has 0 aliphatic rings. The molecule has 1 heterocycles. The maximum atomic E-state index is 13.7. The lowest BCUT2D eigenvalue weighted by atomic mass is 10.2. The molecule has 0 aliphatic heterocycles. The Hall–Kier alpha value is -2.42. The van der Waals surface area contributed by atoms with E-state index in [9.17, 15) is 14.0 Å². The summed E-state index contributed by atoms with van der Waals surface area (Å²) in [5.74, 6) is -0.231. The molecule has 0 aliphatic carbocycles. The zero-order valence-electron chi connectivity index (χ0n) is 15.6. The molecule has 0 bridgehead atoms. The van der Waals surface area contributed by atoms with Gasteiger partial charge in [0.2, 0.25) is 11.8 Å². The van der Waals surface area contributed by atoms with Gasteiger partial charge in [-0.25, -0.2) is 4.39 Å². The first-order chi connectivity index (χ1) is 12.8. The lowest BCUT2D eigenvalue weighted by Gasteiger charge is -2.15. The highest BCUT2D eigenvalue weighted by atomic mass is 32.2. The van der Waals surface area contributed by atoms with E-state index < -0.39 is 17.0 Å². The number of nitrogens with one attached hydrogen (secondary N) is 1. The van der Waals surface area contributed by atoms with Crippen molar-refractivity contribution in [2.24, 2.45) is 11.7 Å². The van der Waals surface area contributed by atoms with E-state index in [0.717, 1.165) is 0 Å². The molecule has 2 rings (SSSR count). The number of hydrogen-bond acceptors (Lipinski definition) is 5. The van der Waals surface area contributed by atoms with Gasteiger partial charge in [0.15, 0.2) is 5.16 Å². The van der Waals surface area contributed by atoms with Crippen molar-refractivity contribution in [2.45, 2.75) is 50.6 Å². The van der Waals surface area contributed by atoms with Crippen LogP contribution in [-0.4, -0.2) is 31.8 Å². The van der Waals surface area contributed by atoms with E-state index in [-0.39, 0.29) is 18.0 Å². The first-order valence-corrected chi connectivity index (χ1v) is 9.58. The van der Waals surface area contributed by atoms with Gasteiger partial charge in [-0.3, -0.25) is 9.59 Å². The maximum absolute atomic E-state index is 13.7. The summed E-state index contributed by atoms with van der Waals surface area (Å²) >= 11 is 1.24. The summed E-state index contributed by atoms with van der Waals surface area (Å²) in [6.07, 6.45) is 0.579. The van der Waals surface area contributed by atoms with Crippen molar-refractivity contribution >= 4 is 29.3 Å². The van der Waals surface area contributed by atoms with Gasteiger partial charge in [-0.15, -0.1) is 10.2 Å². The van der Waals surface area contributed by atoms with Gasteiger partial charge in [0.1, 0.15) is 11.6 Å². The Balaban J connectivity index is 2.11. The zero-order chi connectivity index (χ0) is 20.0. The minimum Gasteiger partial charge on any atom is -0.370 e. The Morgan fingerprint density at radius 2 is 1.96 bits per heavy atom. The molecule has 0 radical (unpaired) electrons. The van der Waals surface area contributed by atoms with Gasteiger partial charge in [-0.2, -0.15) is 0 Å². The van der Waals surface area contributed by atoms with Crippen LogP contribution in [0.2, 0.25) is 0 Å². The molecule has 0 saturated carbocycles. The number of halogens is 1. The van der Waals surface area contributed by atoms with Crippen molar-refractivity contribution in [3.63, 3.8) is 0 Å². The molecular formula is C18H24FN5O2S. The van der Waals surface area contributed by atoms with Gasteiger partial charge >= 0.3 is 0 Å². The van der Waals surface area contributed by atoms with Crippen molar-refractivity contribution < 1.29 is 14.0 Å². The Morgan fingerprint density at radius 3 is 2.59 bits per heavy atom. The Bertz CT molecular complexity index is 809. The third kappa shape index (κ3) is 6.06. The Labute approximate surface area is 161 Å². The number of amides is 2. The molecule has 146 valence electrons. The molecule has 1 atom stereocenters. The summed E-state index contributed by atoms with van der Waals surface area (Å²) in [7, 11) is 0. The van der Waals surface area contributed by atoms with E-state index in [4.69, 9.17) is 5.73 Å². The van der Waals surface area contributed by atoms with Crippen LogP contribution in [0, 0.1) is 11.7 Å². The molecule has 7 nitrogen and oxygen atoms in total. The maximum Gasteiger partial charge on any atom is 0.237 e. The van der Waals surface area contributed by atoms with Crippen LogP contribution in [0.5, 0.6) is 0 Å². The smallest absolute Gasteiger partial charge is 0.237 e. The molecule has 2 aromatic rings.